The van der Waals surface area contributed by atoms with E-state index in [1.165, 1.54) is 11.3 Å². The van der Waals surface area contributed by atoms with Crippen LogP contribution in [0.4, 0.5) is 0 Å². The summed E-state index contributed by atoms with van der Waals surface area (Å²) in [5, 5.41) is 0. The Balaban J connectivity index is 1.81. The highest BCUT2D eigenvalue weighted by Gasteiger charge is 2.11. The molecule has 0 bridgehead atoms. The van der Waals surface area contributed by atoms with E-state index in [-0.39, 0.29) is 5.56 Å². The molecule has 0 radical (unpaired) electrons. The average molecular weight is 345 g/mol. The molecule has 25 heavy (non-hydrogen) atoms. The second-order valence-corrected chi connectivity index (χ2v) is 6.67. The predicted octanol–water partition coefficient (Wildman–Crippen LogP) is 4.30. The van der Waals surface area contributed by atoms with Gasteiger partial charge in [-0.05, 0) is 30.2 Å². The van der Waals surface area contributed by atoms with Crippen LogP contribution in [-0.2, 0) is 0 Å². The number of aromatic nitrogens is 3. The predicted molar refractivity (Wildman–Crippen MR) is 103 cm³/mol. The summed E-state index contributed by atoms with van der Waals surface area (Å²) in [4.78, 5) is 23.2. The molecule has 5 heteroatoms. The third kappa shape index (κ3) is 3.02. The van der Waals surface area contributed by atoms with Crippen molar-refractivity contribution in [3.63, 3.8) is 0 Å². The third-order valence-corrected chi connectivity index (χ3v) is 5.00. The fourth-order valence-corrected chi connectivity index (χ4v) is 3.58. The topological polar surface area (TPSA) is 47.3 Å². The molecule has 0 saturated heterocycles. The second-order valence-electron chi connectivity index (χ2n) is 5.66. The average Bonchev–Trinajstić information content (AvgIpc) is 3.09. The largest absolute Gasteiger partial charge is 0.269 e. The fourth-order valence-electron chi connectivity index (χ4n) is 2.59. The van der Waals surface area contributed by atoms with Crippen molar-refractivity contribution in [2.75, 3.05) is 0 Å². The lowest BCUT2D eigenvalue weighted by Crippen LogP contribution is -2.17. The lowest BCUT2D eigenvalue weighted by molar-refractivity contribution is 1.03. The van der Waals surface area contributed by atoms with Gasteiger partial charge in [-0.1, -0.05) is 53.8 Å². The molecule has 3 aromatic heterocycles. The minimum atomic E-state index is -0.0331. The van der Waals surface area contributed by atoms with Crippen molar-refractivity contribution in [1.82, 2.24) is 14.4 Å². The van der Waals surface area contributed by atoms with Gasteiger partial charge in [0.1, 0.15) is 0 Å². The number of thiazole rings is 1. The highest BCUT2D eigenvalue weighted by Crippen LogP contribution is 2.27. The number of rotatable bonds is 3. The van der Waals surface area contributed by atoms with Gasteiger partial charge < -0.3 is 0 Å². The molecule has 4 rings (SSSR count). The molecule has 0 aliphatic heterocycles. The smallest absolute Gasteiger partial charge is 0.262 e. The Morgan fingerprint density at radius 2 is 1.92 bits per heavy atom. The van der Waals surface area contributed by atoms with Crippen LogP contribution in [0.3, 0.4) is 0 Å². The first-order valence-electron chi connectivity index (χ1n) is 7.89. The summed E-state index contributed by atoms with van der Waals surface area (Å²) in [6.07, 6.45) is 9.16. The quantitative estimate of drug-likeness (QED) is 0.556. The molecule has 0 saturated carbocycles. The van der Waals surface area contributed by atoms with E-state index < -0.39 is 0 Å². The van der Waals surface area contributed by atoms with Crippen LogP contribution in [0.1, 0.15) is 16.8 Å². The number of hydrogen-bond donors (Lipinski definition) is 0. The molecule has 3 heterocycles. The SMILES string of the molecule is Cc1c(C=Cc2cccnc2)nc2sc(-c3ccccc3)cn2c1=O. The van der Waals surface area contributed by atoms with Gasteiger partial charge in [-0.25, -0.2) is 4.98 Å². The molecule has 0 amide bonds. The summed E-state index contributed by atoms with van der Waals surface area (Å²) < 4.78 is 1.63. The lowest BCUT2D eigenvalue weighted by atomic mass is 10.2. The normalized spacial score (nSPS) is 11.4. The standard InChI is InChI=1S/C20H15N3OS/c1-14-17(10-9-15-6-5-11-21-12-15)22-20-23(19(14)24)13-18(25-20)16-7-3-2-4-8-16/h2-13H,1H3. The molecule has 0 N–H and O–H groups in total. The highest BCUT2D eigenvalue weighted by atomic mass is 32.1. The first kappa shape index (κ1) is 15.5. The van der Waals surface area contributed by atoms with Crippen molar-refractivity contribution in [2.45, 2.75) is 6.92 Å². The lowest BCUT2D eigenvalue weighted by Gasteiger charge is -2.00. The van der Waals surface area contributed by atoms with Crippen molar-refractivity contribution in [2.24, 2.45) is 0 Å². The van der Waals surface area contributed by atoms with E-state index >= 15 is 0 Å². The highest BCUT2D eigenvalue weighted by molar-refractivity contribution is 7.20. The summed E-state index contributed by atoms with van der Waals surface area (Å²) in [5.74, 6) is 0. The maximum Gasteiger partial charge on any atom is 0.262 e. The van der Waals surface area contributed by atoms with Crippen molar-refractivity contribution in [3.8, 4) is 10.4 Å². The Morgan fingerprint density at radius 3 is 2.68 bits per heavy atom. The molecule has 4 aromatic rings. The number of nitrogens with zero attached hydrogens (tertiary/aromatic N) is 3. The first-order valence-corrected chi connectivity index (χ1v) is 8.70. The van der Waals surface area contributed by atoms with Gasteiger partial charge in [0, 0.05) is 24.2 Å². The fraction of sp³-hybridized carbons (Fsp3) is 0.0500. The molecule has 0 aliphatic carbocycles. The van der Waals surface area contributed by atoms with Crippen LogP contribution < -0.4 is 5.56 Å². The van der Waals surface area contributed by atoms with Crippen LogP contribution in [0.2, 0.25) is 0 Å². The Bertz CT molecular complexity index is 1110. The van der Waals surface area contributed by atoms with Crippen LogP contribution in [0.15, 0.2) is 65.8 Å². The molecular weight excluding hydrogens is 330 g/mol. The maximum absolute atomic E-state index is 12.7. The van der Waals surface area contributed by atoms with Crippen molar-refractivity contribution in [3.05, 3.63) is 88.2 Å². The molecular formula is C20H15N3OS. The molecule has 1 aromatic carbocycles. The molecule has 0 atom stereocenters. The zero-order valence-corrected chi connectivity index (χ0v) is 14.4. The first-order chi connectivity index (χ1) is 12.2. The van der Waals surface area contributed by atoms with Gasteiger partial charge in [-0.15, -0.1) is 0 Å². The van der Waals surface area contributed by atoms with Gasteiger partial charge in [0.25, 0.3) is 5.56 Å². The number of pyridine rings is 1. The van der Waals surface area contributed by atoms with Gasteiger partial charge >= 0.3 is 0 Å². The van der Waals surface area contributed by atoms with Crippen LogP contribution in [0.5, 0.6) is 0 Å². The summed E-state index contributed by atoms with van der Waals surface area (Å²) >= 11 is 1.51. The minimum Gasteiger partial charge on any atom is -0.269 e. The van der Waals surface area contributed by atoms with E-state index in [0.29, 0.717) is 16.2 Å². The summed E-state index contributed by atoms with van der Waals surface area (Å²) in [6, 6.07) is 13.9. The van der Waals surface area contributed by atoms with E-state index in [1.807, 2.05) is 67.7 Å². The summed E-state index contributed by atoms with van der Waals surface area (Å²) in [5.41, 5.74) is 3.35. The summed E-state index contributed by atoms with van der Waals surface area (Å²) in [7, 11) is 0. The van der Waals surface area contributed by atoms with Crippen LogP contribution in [0, 0.1) is 6.92 Å². The molecule has 4 nitrogen and oxygen atoms in total. The number of hydrogen-bond acceptors (Lipinski definition) is 4. The van der Waals surface area contributed by atoms with E-state index in [9.17, 15) is 4.79 Å². The number of benzene rings is 1. The third-order valence-electron chi connectivity index (χ3n) is 3.97. The van der Waals surface area contributed by atoms with Gasteiger partial charge in [-0.3, -0.25) is 14.2 Å². The van der Waals surface area contributed by atoms with Crippen LogP contribution >= 0.6 is 11.3 Å². The molecule has 0 unspecified atom stereocenters. The van der Waals surface area contributed by atoms with Gasteiger partial charge in [0.05, 0.1) is 10.6 Å². The Labute approximate surface area is 148 Å². The van der Waals surface area contributed by atoms with Crippen molar-refractivity contribution < 1.29 is 0 Å². The van der Waals surface area contributed by atoms with E-state index in [2.05, 4.69) is 9.97 Å². The second kappa shape index (κ2) is 6.45. The Kier molecular flexibility index (Phi) is 3.99. The van der Waals surface area contributed by atoms with E-state index in [0.717, 1.165) is 16.0 Å². The van der Waals surface area contributed by atoms with Crippen LogP contribution in [-0.4, -0.2) is 14.4 Å². The van der Waals surface area contributed by atoms with Gasteiger partial charge in [-0.2, -0.15) is 0 Å². The minimum absolute atomic E-state index is 0.0331. The van der Waals surface area contributed by atoms with E-state index in [1.54, 1.807) is 16.8 Å². The Morgan fingerprint density at radius 1 is 1.08 bits per heavy atom. The Hall–Kier alpha value is -3.05. The molecule has 0 fully saturated rings. The molecule has 0 aliphatic rings. The van der Waals surface area contributed by atoms with Crippen molar-refractivity contribution >= 4 is 28.4 Å². The monoisotopic (exact) mass is 345 g/mol. The molecule has 0 spiro atoms. The summed E-state index contributed by atoms with van der Waals surface area (Å²) in [6.45, 7) is 1.81. The number of fused-ring (bicyclic) bond motifs is 1. The maximum atomic E-state index is 12.7. The van der Waals surface area contributed by atoms with Gasteiger partial charge in [0.2, 0.25) is 0 Å². The zero-order valence-electron chi connectivity index (χ0n) is 13.6. The van der Waals surface area contributed by atoms with Gasteiger partial charge in [0.15, 0.2) is 4.96 Å². The molecule has 122 valence electrons. The van der Waals surface area contributed by atoms with E-state index in [4.69, 9.17) is 0 Å². The van der Waals surface area contributed by atoms with Crippen molar-refractivity contribution in [1.29, 1.82) is 0 Å². The van der Waals surface area contributed by atoms with Crippen LogP contribution in [0.25, 0.3) is 27.6 Å². The zero-order chi connectivity index (χ0) is 17.2.